The highest BCUT2D eigenvalue weighted by Crippen LogP contribution is 2.35. The Bertz CT molecular complexity index is 848. The van der Waals surface area contributed by atoms with Crippen LogP contribution in [0.1, 0.15) is 37.3 Å². The lowest BCUT2D eigenvalue weighted by Crippen LogP contribution is -2.29. The lowest BCUT2D eigenvalue weighted by atomic mass is 9.97. The van der Waals surface area contributed by atoms with Crippen LogP contribution in [0.4, 0.5) is 15.8 Å². The molecule has 1 unspecified atom stereocenters. The maximum Gasteiger partial charge on any atom is 0.229 e. The fourth-order valence-corrected chi connectivity index (χ4v) is 3.41. The SMILES string of the molecule is Cc1cccc(C(C)C)c1N1CC(C(=O)Nc2ccccc2F)CC1=O. The van der Waals surface area contributed by atoms with E-state index in [1.165, 1.54) is 12.1 Å². The molecule has 136 valence electrons. The topological polar surface area (TPSA) is 49.4 Å². The van der Waals surface area contributed by atoms with Crippen LogP contribution in [0, 0.1) is 18.7 Å². The average molecular weight is 354 g/mol. The predicted octanol–water partition coefficient (Wildman–Crippen LogP) is 4.25. The Hall–Kier alpha value is -2.69. The van der Waals surface area contributed by atoms with Crippen LogP contribution in [0.3, 0.4) is 0 Å². The van der Waals surface area contributed by atoms with Gasteiger partial charge in [-0.1, -0.05) is 44.2 Å². The quantitative estimate of drug-likeness (QED) is 0.892. The summed E-state index contributed by atoms with van der Waals surface area (Å²) in [7, 11) is 0. The minimum Gasteiger partial charge on any atom is -0.323 e. The number of aryl methyl sites for hydroxylation is 1. The van der Waals surface area contributed by atoms with E-state index >= 15 is 0 Å². The number of hydrogen-bond acceptors (Lipinski definition) is 2. The van der Waals surface area contributed by atoms with Gasteiger partial charge in [0.15, 0.2) is 0 Å². The maximum absolute atomic E-state index is 13.8. The number of nitrogens with zero attached hydrogens (tertiary/aromatic N) is 1. The van der Waals surface area contributed by atoms with Crippen molar-refractivity contribution in [2.75, 3.05) is 16.8 Å². The summed E-state index contributed by atoms with van der Waals surface area (Å²) < 4.78 is 13.8. The Morgan fingerprint density at radius 1 is 1.19 bits per heavy atom. The summed E-state index contributed by atoms with van der Waals surface area (Å²) in [4.78, 5) is 26.8. The smallest absolute Gasteiger partial charge is 0.229 e. The molecule has 1 atom stereocenters. The third-order valence-electron chi connectivity index (χ3n) is 4.79. The molecule has 2 aromatic rings. The second-order valence-corrected chi connectivity index (χ2v) is 7.04. The summed E-state index contributed by atoms with van der Waals surface area (Å²) in [6.07, 6.45) is 0.131. The van der Waals surface area contributed by atoms with Gasteiger partial charge in [0.25, 0.3) is 0 Å². The van der Waals surface area contributed by atoms with Crippen LogP contribution in [-0.2, 0) is 9.59 Å². The molecule has 2 aromatic carbocycles. The van der Waals surface area contributed by atoms with Crippen molar-refractivity contribution in [3.63, 3.8) is 0 Å². The molecule has 1 fully saturated rings. The molecule has 5 heteroatoms. The molecule has 3 rings (SSSR count). The first-order valence-electron chi connectivity index (χ1n) is 8.83. The number of rotatable bonds is 4. The van der Waals surface area contributed by atoms with E-state index in [0.29, 0.717) is 6.54 Å². The van der Waals surface area contributed by atoms with Gasteiger partial charge in [0.05, 0.1) is 11.6 Å². The van der Waals surface area contributed by atoms with E-state index < -0.39 is 11.7 Å². The van der Waals surface area contributed by atoms with Gasteiger partial charge >= 0.3 is 0 Å². The van der Waals surface area contributed by atoms with E-state index in [0.717, 1.165) is 16.8 Å². The van der Waals surface area contributed by atoms with Crippen LogP contribution in [0.5, 0.6) is 0 Å². The van der Waals surface area contributed by atoms with Crippen molar-refractivity contribution in [1.82, 2.24) is 0 Å². The second-order valence-electron chi connectivity index (χ2n) is 7.04. The molecule has 26 heavy (non-hydrogen) atoms. The molecule has 4 nitrogen and oxygen atoms in total. The lowest BCUT2D eigenvalue weighted by molar-refractivity contribution is -0.122. The molecule has 0 saturated carbocycles. The highest BCUT2D eigenvalue weighted by Gasteiger charge is 2.37. The third-order valence-corrected chi connectivity index (χ3v) is 4.79. The minimum atomic E-state index is -0.498. The number of amides is 2. The predicted molar refractivity (Wildman–Crippen MR) is 101 cm³/mol. The highest BCUT2D eigenvalue weighted by atomic mass is 19.1. The number of carbonyl (C=O) groups excluding carboxylic acids is 2. The van der Waals surface area contributed by atoms with Crippen molar-refractivity contribution in [1.29, 1.82) is 0 Å². The summed E-state index contributed by atoms with van der Waals surface area (Å²) in [6.45, 7) is 6.45. The minimum absolute atomic E-state index is 0.0742. The fraction of sp³-hybridized carbons (Fsp3) is 0.333. The van der Waals surface area contributed by atoms with Gasteiger partial charge in [-0.05, 0) is 36.1 Å². The Morgan fingerprint density at radius 2 is 1.92 bits per heavy atom. The van der Waals surface area contributed by atoms with Gasteiger partial charge in [-0.15, -0.1) is 0 Å². The van der Waals surface area contributed by atoms with Gasteiger partial charge in [0, 0.05) is 18.7 Å². The fourth-order valence-electron chi connectivity index (χ4n) is 3.41. The van der Waals surface area contributed by atoms with E-state index in [4.69, 9.17) is 0 Å². The first-order valence-corrected chi connectivity index (χ1v) is 8.83. The van der Waals surface area contributed by atoms with Crippen molar-refractivity contribution >= 4 is 23.2 Å². The molecule has 0 radical (unpaired) electrons. The number of para-hydroxylation sites is 2. The zero-order chi connectivity index (χ0) is 18.8. The van der Waals surface area contributed by atoms with E-state index in [2.05, 4.69) is 19.2 Å². The zero-order valence-electron chi connectivity index (χ0n) is 15.3. The number of carbonyl (C=O) groups is 2. The molecular weight excluding hydrogens is 331 g/mol. The third kappa shape index (κ3) is 3.47. The second kappa shape index (κ2) is 7.28. The molecule has 0 aromatic heterocycles. The molecular formula is C21H23FN2O2. The standard InChI is InChI=1S/C21H23FN2O2/c1-13(2)16-8-6-7-14(3)20(16)24-12-15(11-19(24)25)21(26)23-18-10-5-4-9-17(18)22/h4-10,13,15H,11-12H2,1-3H3,(H,23,26). The largest absolute Gasteiger partial charge is 0.323 e. The number of benzene rings is 2. The van der Waals surface area contributed by atoms with Crippen LogP contribution >= 0.6 is 0 Å². The van der Waals surface area contributed by atoms with Crippen molar-refractivity contribution < 1.29 is 14.0 Å². The number of hydrogen-bond donors (Lipinski definition) is 1. The van der Waals surface area contributed by atoms with Crippen LogP contribution in [0.25, 0.3) is 0 Å². The molecule has 0 bridgehead atoms. The molecule has 1 aliphatic heterocycles. The Balaban J connectivity index is 1.82. The van der Waals surface area contributed by atoms with Crippen molar-refractivity contribution in [2.45, 2.75) is 33.1 Å². The van der Waals surface area contributed by atoms with Gasteiger partial charge < -0.3 is 10.2 Å². The Kier molecular flexibility index (Phi) is 5.07. The average Bonchev–Trinajstić information content (AvgIpc) is 2.98. The van der Waals surface area contributed by atoms with Gasteiger partial charge in [0.1, 0.15) is 5.82 Å². The molecule has 1 aliphatic rings. The number of halogens is 1. The number of anilines is 2. The van der Waals surface area contributed by atoms with Crippen LogP contribution < -0.4 is 10.2 Å². The Labute approximate surface area is 153 Å². The van der Waals surface area contributed by atoms with Crippen molar-refractivity contribution in [3.8, 4) is 0 Å². The summed E-state index contributed by atoms with van der Waals surface area (Å²) in [5.74, 6) is -1.12. The zero-order valence-corrected chi connectivity index (χ0v) is 15.3. The summed E-state index contributed by atoms with van der Waals surface area (Å²) in [5.41, 5.74) is 3.14. The van der Waals surface area contributed by atoms with E-state index in [1.807, 2.05) is 25.1 Å². The number of nitrogens with one attached hydrogen (secondary N) is 1. The summed E-state index contributed by atoms with van der Waals surface area (Å²) in [6, 6.07) is 12.0. The highest BCUT2D eigenvalue weighted by molar-refractivity contribution is 6.04. The molecule has 0 spiro atoms. The van der Waals surface area contributed by atoms with Crippen molar-refractivity contribution in [3.05, 3.63) is 59.4 Å². The normalized spacial score (nSPS) is 17.0. The molecule has 1 heterocycles. The van der Waals surface area contributed by atoms with Crippen LogP contribution in [-0.4, -0.2) is 18.4 Å². The summed E-state index contributed by atoms with van der Waals surface area (Å²) in [5, 5.41) is 2.60. The maximum atomic E-state index is 13.8. The Morgan fingerprint density at radius 3 is 2.62 bits per heavy atom. The van der Waals surface area contributed by atoms with Crippen molar-refractivity contribution in [2.24, 2.45) is 5.92 Å². The van der Waals surface area contributed by atoms with Gasteiger partial charge in [-0.25, -0.2) is 4.39 Å². The molecule has 1 N–H and O–H groups in total. The van der Waals surface area contributed by atoms with Crippen LogP contribution in [0.15, 0.2) is 42.5 Å². The first-order chi connectivity index (χ1) is 12.4. The van der Waals surface area contributed by atoms with Gasteiger partial charge in [0.2, 0.25) is 11.8 Å². The van der Waals surface area contributed by atoms with E-state index in [9.17, 15) is 14.0 Å². The molecule has 0 aliphatic carbocycles. The van der Waals surface area contributed by atoms with Gasteiger partial charge in [-0.2, -0.15) is 0 Å². The molecule has 2 amide bonds. The molecule has 1 saturated heterocycles. The van der Waals surface area contributed by atoms with E-state index in [1.54, 1.807) is 17.0 Å². The van der Waals surface area contributed by atoms with Gasteiger partial charge in [-0.3, -0.25) is 9.59 Å². The van der Waals surface area contributed by atoms with E-state index in [-0.39, 0.29) is 29.8 Å². The monoisotopic (exact) mass is 354 g/mol. The van der Waals surface area contributed by atoms with Crippen LogP contribution in [0.2, 0.25) is 0 Å². The first kappa shape index (κ1) is 18.1. The summed E-state index contributed by atoms with van der Waals surface area (Å²) >= 11 is 0. The lowest BCUT2D eigenvalue weighted by Gasteiger charge is -2.24.